The summed E-state index contributed by atoms with van der Waals surface area (Å²) >= 11 is 1.80. The molecule has 0 atom stereocenters. The Morgan fingerprint density at radius 1 is 1.17 bits per heavy atom. The predicted octanol–water partition coefficient (Wildman–Crippen LogP) is 2.70. The third-order valence-electron chi connectivity index (χ3n) is 4.83. The fraction of sp³-hybridized carbons (Fsp3) is 0.647. The van der Waals surface area contributed by atoms with Crippen LogP contribution in [0.25, 0.3) is 0 Å². The van der Waals surface area contributed by atoms with Crippen molar-refractivity contribution in [2.45, 2.75) is 42.4 Å². The number of hydrogen-bond acceptors (Lipinski definition) is 4. The molecular weight excluding hydrogens is 328 g/mol. The monoisotopic (exact) mass is 354 g/mol. The third kappa shape index (κ3) is 4.72. The van der Waals surface area contributed by atoms with Gasteiger partial charge in [0.15, 0.2) is 0 Å². The first-order valence-corrected chi connectivity index (χ1v) is 11.2. The highest BCUT2D eigenvalue weighted by atomic mass is 32.2. The number of benzene rings is 1. The van der Waals surface area contributed by atoms with Gasteiger partial charge in [-0.15, -0.1) is 11.8 Å². The van der Waals surface area contributed by atoms with Crippen LogP contribution in [0.3, 0.4) is 0 Å². The Balaban J connectivity index is 1.45. The molecule has 1 aliphatic heterocycles. The minimum Gasteiger partial charge on any atom is -0.299 e. The van der Waals surface area contributed by atoms with Gasteiger partial charge in [0.05, 0.1) is 5.25 Å². The summed E-state index contributed by atoms with van der Waals surface area (Å²) in [6.07, 6.45) is 5.95. The molecule has 23 heavy (non-hydrogen) atoms. The maximum Gasteiger partial charge on any atom is 0.214 e. The van der Waals surface area contributed by atoms with E-state index in [1.54, 1.807) is 11.8 Å². The standard InChI is InChI=1S/C17H26N2O2S2/c1-22-17-5-3-2-4-15(17)13-19-10-8-14(9-11-19)12-18-23(20,21)16-6-7-16/h2-5,14,16,18H,6-13H2,1H3. The minimum absolute atomic E-state index is 0.106. The lowest BCUT2D eigenvalue weighted by molar-refractivity contribution is 0.177. The summed E-state index contributed by atoms with van der Waals surface area (Å²) in [4.78, 5) is 3.84. The first-order chi connectivity index (χ1) is 11.1. The van der Waals surface area contributed by atoms with Gasteiger partial charge in [0.2, 0.25) is 10.0 Å². The minimum atomic E-state index is -3.02. The van der Waals surface area contributed by atoms with Crippen LogP contribution in [0.15, 0.2) is 29.2 Å². The Morgan fingerprint density at radius 2 is 1.87 bits per heavy atom. The molecule has 0 spiro atoms. The second-order valence-electron chi connectivity index (χ2n) is 6.62. The van der Waals surface area contributed by atoms with Crippen LogP contribution >= 0.6 is 11.8 Å². The van der Waals surface area contributed by atoms with Gasteiger partial charge < -0.3 is 0 Å². The lowest BCUT2D eigenvalue weighted by Gasteiger charge is -2.32. The van der Waals surface area contributed by atoms with Crippen LogP contribution in [0.2, 0.25) is 0 Å². The summed E-state index contributed by atoms with van der Waals surface area (Å²) in [6.45, 7) is 3.72. The van der Waals surface area contributed by atoms with Gasteiger partial charge in [0.1, 0.15) is 0 Å². The molecule has 0 amide bonds. The number of likely N-dealkylation sites (tertiary alicyclic amines) is 1. The predicted molar refractivity (Wildman–Crippen MR) is 96.2 cm³/mol. The van der Waals surface area contributed by atoms with Gasteiger partial charge in [0.25, 0.3) is 0 Å². The van der Waals surface area contributed by atoms with Gasteiger partial charge in [-0.1, -0.05) is 18.2 Å². The van der Waals surface area contributed by atoms with Gasteiger partial charge in [0, 0.05) is 18.0 Å². The number of nitrogens with zero attached hydrogens (tertiary/aromatic N) is 1. The molecule has 1 heterocycles. The number of thioether (sulfide) groups is 1. The molecule has 1 N–H and O–H groups in total. The van der Waals surface area contributed by atoms with E-state index in [0.29, 0.717) is 12.5 Å². The molecule has 1 aromatic rings. The van der Waals surface area contributed by atoms with Crippen LogP contribution in [-0.4, -0.2) is 44.5 Å². The zero-order valence-electron chi connectivity index (χ0n) is 13.7. The Bertz CT molecular complexity index is 621. The second kappa shape index (κ2) is 7.55. The fourth-order valence-electron chi connectivity index (χ4n) is 3.15. The molecule has 128 valence electrons. The number of hydrogen-bond donors (Lipinski definition) is 1. The van der Waals surface area contributed by atoms with Crippen LogP contribution in [0.4, 0.5) is 0 Å². The summed E-state index contributed by atoms with van der Waals surface area (Å²) < 4.78 is 26.6. The van der Waals surface area contributed by atoms with Crippen molar-refractivity contribution in [3.8, 4) is 0 Å². The molecule has 6 heteroatoms. The van der Waals surface area contributed by atoms with E-state index in [4.69, 9.17) is 0 Å². The Hall–Kier alpha value is -0.560. The normalized spacial score (nSPS) is 20.7. The summed E-state index contributed by atoms with van der Waals surface area (Å²) in [7, 11) is -3.02. The average Bonchev–Trinajstić information content (AvgIpc) is 3.40. The van der Waals surface area contributed by atoms with Gasteiger partial charge in [-0.2, -0.15) is 0 Å². The van der Waals surface area contributed by atoms with Crippen molar-refractivity contribution in [2.75, 3.05) is 25.9 Å². The average molecular weight is 355 g/mol. The third-order valence-corrected chi connectivity index (χ3v) is 7.59. The number of sulfonamides is 1. The van der Waals surface area contributed by atoms with E-state index >= 15 is 0 Å². The molecule has 3 rings (SSSR count). The van der Waals surface area contributed by atoms with Crippen molar-refractivity contribution < 1.29 is 8.42 Å². The number of rotatable bonds is 7. The van der Waals surface area contributed by atoms with E-state index in [1.807, 2.05) is 0 Å². The first-order valence-electron chi connectivity index (χ1n) is 8.41. The molecule has 4 nitrogen and oxygen atoms in total. The number of nitrogens with one attached hydrogen (secondary N) is 1. The van der Waals surface area contributed by atoms with E-state index < -0.39 is 10.0 Å². The molecule has 0 unspecified atom stereocenters. The highest BCUT2D eigenvalue weighted by Gasteiger charge is 2.35. The zero-order valence-corrected chi connectivity index (χ0v) is 15.3. The molecule has 1 saturated heterocycles. The van der Waals surface area contributed by atoms with Gasteiger partial charge in [-0.25, -0.2) is 13.1 Å². The first kappa shape index (κ1) is 17.3. The van der Waals surface area contributed by atoms with Gasteiger partial charge in [-0.05, 0) is 62.6 Å². The molecule has 2 aliphatic rings. The SMILES string of the molecule is CSc1ccccc1CN1CCC(CNS(=O)(=O)C2CC2)CC1. The largest absolute Gasteiger partial charge is 0.299 e. The van der Waals surface area contributed by atoms with Crippen molar-refractivity contribution >= 4 is 21.8 Å². The van der Waals surface area contributed by atoms with Gasteiger partial charge in [-0.3, -0.25) is 4.90 Å². The fourth-order valence-corrected chi connectivity index (χ4v) is 5.22. The Labute approximate surface area is 144 Å². The van der Waals surface area contributed by atoms with E-state index in [0.717, 1.165) is 45.3 Å². The van der Waals surface area contributed by atoms with Crippen LogP contribution < -0.4 is 4.72 Å². The van der Waals surface area contributed by atoms with Crippen LogP contribution in [0, 0.1) is 5.92 Å². The zero-order chi connectivity index (χ0) is 16.3. The lowest BCUT2D eigenvalue weighted by atomic mass is 9.97. The Morgan fingerprint density at radius 3 is 2.52 bits per heavy atom. The summed E-state index contributed by atoms with van der Waals surface area (Å²) in [6, 6.07) is 8.59. The molecule has 2 fully saturated rings. The van der Waals surface area contributed by atoms with Crippen molar-refractivity contribution in [1.29, 1.82) is 0 Å². The van der Waals surface area contributed by atoms with Gasteiger partial charge >= 0.3 is 0 Å². The maximum absolute atomic E-state index is 11.9. The smallest absolute Gasteiger partial charge is 0.214 e. The van der Waals surface area contributed by atoms with Crippen LogP contribution in [0.5, 0.6) is 0 Å². The molecular formula is C17H26N2O2S2. The molecule has 0 aromatic heterocycles. The van der Waals surface area contributed by atoms with Crippen molar-refractivity contribution in [1.82, 2.24) is 9.62 Å². The lowest BCUT2D eigenvalue weighted by Crippen LogP contribution is -2.39. The topological polar surface area (TPSA) is 49.4 Å². The van der Waals surface area contributed by atoms with Crippen molar-refractivity contribution in [3.63, 3.8) is 0 Å². The highest BCUT2D eigenvalue weighted by Crippen LogP contribution is 2.28. The maximum atomic E-state index is 11.9. The van der Waals surface area contributed by atoms with E-state index in [2.05, 4.69) is 40.1 Å². The quantitative estimate of drug-likeness (QED) is 0.765. The Kier molecular flexibility index (Phi) is 5.67. The van der Waals surface area contributed by atoms with Crippen LogP contribution in [-0.2, 0) is 16.6 Å². The molecule has 1 aromatic carbocycles. The highest BCUT2D eigenvalue weighted by molar-refractivity contribution is 7.98. The molecule has 0 bridgehead atoms. The van der Waals surface area contributed by atoms with E-state index in [-0.39, 0.29) is 5.25 Å². The summed E-state index contributed by atoms with van der Waals surface area (Å²) in [5, 5.41) is -0.106. The molecule has 1 aliphatic carbocycles. The van der Waals surface area contributed by atoms with E-state index in [1.165, 1.54) is 10.5 Å². The second-order valence-corrected chi connectivity index (χ2v) is 9.52. The summed E-state index contributed by atoms with van der Waals surface area (Å²) in [5.74, 6) is 0.482. The molecule has 1 saturated carbocycles. The van der Waals surface area contributed by atoms with Crippen LogP contribution in [0.1, 0.15) is 31.2 Å². The summed E-state index contributed by atoms with van der Waals surface area (Å²) in [5.41, 5.74) is 1.40. The van der Waals surface area contributed by atoms with Crippen molar-refractivity contribution in [2.24, 2.45) is 5.92 Å². The molecule has 0 radical (unpaired) electrons. The number of piperidine rings is 1. The van der Waals surface area contributed by atoms with Crippen molar-refractivity contribution in [3.05, 3.63) is 29.8 Å². The van der Waals surface area contributed by atoms with E-state index in [9.17, 15) is 8.42 Å².